The second kappa shape index (κ2) is 4.83. The molecule has 1 aliphatic rings. The van der Waals surface area contributed by atoms with E-state index in [-0.39, 0.29) is 11.9 Å². The summed E-state index contributed by atoms with van der Waals surface area (Å²) in [5.74, 6) is 0.709. The summed E-state index contributed by atoms with van der Waals surface area (Å²) < 4.78 is 19.2. The highest BCUT2D eigenvalue weighted by atomic mass is 19.1. The predicted molar refractivity (Wildman–Crippen MR) is 62.3 cm³/mol. The van der Waals surface area contributed by atoms with Gasteiger partial charge in [0.1, 0.15) is 11.6 Å². The van der Waals surface area contributed by atoms with Crippen LogP contribution in [0, 0.1) is 5.82 Å². The third-order valence-corrected chi connectivity index (χ3v) is 3.20. The molecule has 0 bridgehead atoms. The summed E-state index contributed by atoms with van der Waals surface area (Å²) in [6.07, 6.45) is 3.01. The first-order chi connectivity index (χ1) is 7.77. The van der Waals surface area contributed by atoms with Crippen LogP contribution in [0.5, 0.6) is 5.75 Å². The zero-order chi connectivity index (χ0) is 11.5. The number of fused-ring (bicyclic) bond motifs is 1. The maximum Gasteiger partial charge on any atom is 0.128 e. The normalized spacial score (nSPS) is 19.3. The van der Waals surface area contributed by atoms with E-state index in [1.165, 1.54) is 6.07 Å². The standard InChI is InChI=1S/C13H18FNO/c1-3-15-11-6-4-5-9-12(16-2)8-7-10(14)13(9)11/h7-8,11,15H,3-6H2,1-2H3. The van der Waals surface area contributed by atoms with Crippen LogP contribution >= 0.6 is 0 Å². The summed E-state index contributed by atoms with van der Waals surface area (Å²) in [7, 11) is 1.64. The molecule has 0 spiro atoms. The molecule has 0 radical (unpaired) electrons. The molecule has 2 nitrogen and oxygen atoms in total. The molecule has 88 valence electrons. The Morgan fingerprint density at radius 3 is 3.00 bits per heavy atom. The van der Waals surface area contributed by atoms with Crippen LogP contribution in [0.1, 0.15) is 36.9 Å². The third kappa shape index (κ3) is 1.92. The zero-order valence-corrected chi connectivity index (χ0v) is 9.85. The number of methoxy groups -OCH3 is 1. The van der Waals surface area contributed by atoms with E-state index in [1.807, 2.05) is 6.92 Å². The van der Waals surface area contributed by atoms with E-state index >= 15 is 0 Å². The average Bonchev–Trinajstić information content (AvgIpc) is 2.30. The minimum Gasteiger partial charge on any atom is -0.496 e. The van der Waals surface area contributed by atoms with Gasteiger partial charge in [0.15, 0.2) is 0 Å². The van der Waals surface area contributed by atoms with E-state index in [0.717, 1.165) is 42.7 Å². The van der Waals surface area contributed by atoms with Crippen LogP contribution in [0.25, 0.3) is 0 Å². The van der Waals surface area contributed by atoms with Crippen LogP contribution in [0.4, 0.5) is 4.39 Å². The van der Waals surface area contributed by atoms with Crippen molar-refractivity contribution in [2.45, 2.75) is 32.2 Å². The highest BCUT2D eigenvalue weighted by Crippen LogP contribution is 2.36. The largest absolute Gasteiger partial charge is 0.496 e. The Labute approximate surface area is 95.8 Å². The Morgan fingerprint density at radius 1 is 1.50 bits per heavy atom. The number of ether oxygens (including phenoxy) is 1. The van der Waals surface area contributed by atoms with Crippen LogP contribution < -0.4 is 10.1 Å². The van der Waals surface area contributed by atoms with Gasteiger partial charge in [0, 0.05) is 17.2 Å². The maximum absolute atomic E-state index is 13.9. The molecule has 0 heterocycles. The Bertz CT molecular complexity index is 378. The molecule has 0 saturated carbocycles. The molecule has 1 aliphatic carbocycles. The maximum atomic E-state index is 13.9. The van der Waals surface area contributed by atoms with Gasteiger partial charge in [-0.2, -0.15) is 0 Å². The zero-order valence-electron chi connectivity index (χ0n) is 9.85. The Morgan fingerprint density at radius 2 is 2.31 bits per heavy atom. The molecule has 1 atom stereocenters. The number of halogens is 1. The van der Waals surface area contributed by atoms with Crippen LogP contribution in [0.3, 0.4) is 0 Å². The average molecular weight is 223 g/mol. The first kappa shape index (κ1) is 11.4. The quantitative estimate of drug-likeness (QED) is 0.850. The Hall–Kier alpha value is -1.09. The summed E-state index contributed by atoms with van der Waals surface area (Å²) in [4.78, 5) is 0. The molecule has 1 unspecified atom stereocenters. The predicted octanol–water partition coefficient (Wildman–Crippen LogP) is 2.82. The van der Waals surface area contributed by atoms with Gasteiger partial charge in [0.05, 0.1) is 7.11 Å². The minimum absolute atomic E-state index is 0.110. The molecular formula is C13H18FNO. The molecule has 0 amide bonds. The smallest absolute Gasteiger partial charge is 0.128 e. The molecule has 0 aliphatic heterocycles. The van der Waals surface area contributed by atoms with E-state index in [9.17, 15) is 4.39 Å². The summed E-state index contributed by atoms with van der Waals surface area (Å²) in [5, 5.41) is 3.34. The fourth-order valence-electron chi connectivity index (χ4n) is 2.52. The van der Waals surface area contributed by atoms with Crippen molar-refractivity contribution in [3.63, 3.8) is 0 Å². The van der Waals surface area contributed by atoms with Gasteiger partial charge < -0.3 is 10.1 Å². The fourth-order valence-corrected chi connectivity index (χ4v) is 2.52. The van der Waals surface area contributed by atoms with Crippen molar-refractivity contribution in [1.82, 2.24) is 5.32 Å². The molecule has 0 saturated heterocycles. The fraction of sp³-hybridized carbons (Fsp3) is 0.538. The minimum atomic E-state index is -0.110. The Kier molecular flexibility index (Phi) is 3.44. The van der Waals surface area contributed by atoms with E-state index in [1.54, 1.807) is 13.2 Å². The van der Waals surface area contributed by atoms with E-state index in [0.29, 0.717) is 0 Å². The summed E-state index contributed by atoms with van der Waals surface area (Å²) in [6.45, 7) is 2.91. The van der Waals surface area contributed by atoms with Crippen LogP contribution in [0.2, 0.25) is 0 Å². The summed E-state index contributed by atoms with van der Waals surface area (Å²) >= 11 is 0. The highest BCUT2D eigenvalue weighted by molar-refractivity contribution is 5.44. The number of benzene rings is 1. The van der Waals surface area contributed by atoms with Crippen molar-refractivity contribution >= 4 is 0 Å². The molecule has 0 aromatic heterocycles. The molecule has 1 aromatic carbocycles. The van der Waals surface area contributed by atoms with Crippen LogP contribution in [0.15, 0.2) is 12.1 Å². The van der Waals surface area contributed by atoms with Crippen molar-refractivity contribution in [2.24, 2.45) is 0 Å². The number of hydrogen-bond acceptors (Lipinski definition) is 2. The monoisotopic (exact) mass is 223 g/mol. The highest BCUT2D eigenvalue weighted by Gasteiger charge is 2.25. The van der Waals surface area contributed by atoms with E-state index < -0.39 is 0 Å². The van der Waals surface area contributed by atoms with Gasteiger partial charge in [0.2, 0.25) is 0 Å². The lowest BCUT2D eigenvalue weighted by Gasteiger charge is -2.27. The first-order valence-corrected chi connectivity index (χ1v) is 5.86. The SMILES string of the molecule is CCNC1CCCc2c(OC)ccc(F)c21. The van der Waals surface area contributed by atoms with Gasteiger partial charge in [-0.1, -0.05) is 6.92 Å². The van der Waals surface area contributed by atoms with Crippen LogP contribution in [-0.2, 0) is 6.42 Å². The third-order valence-electron chi connectivity index (χ3n) is 3.20. The topological polar surface area (TPSA) is 21.3 Å². The lowest BCUT2D eigenvalue weighted by Crippen LogP contribution is -2.26. The molecule has 1 N–H and O–H groups in total. The van der Waals surface area contributed by atoms with Gasteiger partial charge >= 0.3 is 0 Å². The molecule has 1 aromatic rings. The number of hydrogen-bond donors (Lipinski definition) is 1. The van der Waals surface area contributed by atoms with E-state index in [2.05, 4.69) is 5.32 Å². The van der Waals surface area contributed by atoms with Gasteiger partial charge in [-0.25, -0.2) is 4.39 Å². The van der Waals surface area contributed by atoms with Gasteiger partial charge in [-0.3, -0.25) is 0 Å². The summed E-state index contributed by atoms with van der Waals surface area (Å²) in [6, 6.07) is 3.37. The van der Waals surface area contributed by atoms with Crippen molar-refractivity contribution in [3.05, 3.63) is 29.1 Å². The van der Waals surface area contributed by atoms with Crippen molar-refractivity contribution in [1.29, 1.82) is 0 Å². The van der Waals surface area contributed by atoms with Crippen molar-refractivity contribution in [3.8, 4) is 5.75 Å². The van der Waals surface area contributed by atoms with Crippen molar-refractivity contribution < 1.29 is 9.13 Å². The van der Waals surface area contributed by atoms with Gasteiger partial charge in [-0.15, -0.1) is 0 Å². The Balaban J connectivity index is 2.45. The molecular weight excluding hydrogens is 205 g/mol. The number of nitrogens with one attached hydrogen (secondary N) is 1. The first-order valence-electron chi connectivity index (χ1n) is 5.86. The van der Waals surface area contributed by atoms with Crippen molar-refractivity contribution in [2.75, 3.05) is 13.7 Å². The number of rotatable bonds is 3. The second-order valence-corrected chi connectivity index (χ2v) is 4.14. The lowest BCUT2D eigenvalue weighted by molar-refractivity contribution is 0.390. The van der Waals surface area contributed by atoms with Gasteiger partial charge in [-0.05, 0) is 37.9 Å². The van der Waals surface area contributed by atoms with Crippen LogP contribution in [-0.4, -0.2) is 13.7 Å². The lowest BCUT2D eigenvalue weighted by atomic mass is 9.86. The molecule has 3 heteroatoms. The van der Waals surface area contributed by atoms with Gasteiger partial charge in [0.25, 0.3) is 0 Å². The molecule has 2 rings (SSSR count). The molecule has 0 fully saturated rings. The van der Waals surface area contributed by atoms with E-state index in [4.69, 9.17) is 4.74 Å². The second-order valence-electron chi connectivity index (χ2n) is 4.14. The molecule has 16 heavy (non-hydrogen) atoms. The summed E-state index contributed by atoms with van der Waals surface area (Å²) in [5.41, 5.74) is 1.85.